The molecule has 0 aliphatic carbocycles. The van der Waals surface area contributed by atoms with E-state index >= 15 is 0 Å². The maximum absolute atomic E-state index is 4.71. The first kappa shape index (κ1) is 11.0. The summed E-state index contributed by atoms with van der Waals surface area (Å²) >= 11 is 0. The third-order valence-corrected chi connectivity index (χ3v) is 2.98. The van der Waals surface area contributed by atoms with Crippen LogP contribution in [0.4, 0.5) is 0 Å². The van der Waals surface area contributed by atoms with E-state index in [1.54, 1.807) is 0 Å². The SMILES string of the molecule is CC(C)c1nc2ccccc2n1-c1ccccn1. The largest absolute Gasteiger partial charge is 0.280 e. The molecule has 3 rings (SSSR count). The van der Waals surface area contributed by atoms with E-state index in [4.69, 9.17) is 4.98 Å². The summed E-state index contributed by atoms with van der Waals surface area (Å²) in [6.07, 6.45) is 1.81. The van der Waals surface area contributed by atoms with Crippen LogP contribution >= 0.6 is 0 Å². The highest BCUT2D eigenvalue weighted by atomic mass is 15.1. The summed E-state index contributed by atoms with van der Waals surface area (Å²) in [4.78, 5) is 9.15. The second-order valence-corrected chi connectivity index (χ2v) is 4.64. The maximum Gasteiger partial charge on any atom is 0.138 e. The third-order valence-electron chi connectivity index (χ3n) is 2.98. The quantitative estimate of drug-likeness (QED) is 0.682. The third kappa shape index (κ3) is 1.68. The summed E-state index contributed by atoms with van der Waals surface area (Å²) in [6, 6.07) is 14.1. The zero-order valence-corrected chi connectivity index (χ0v) is 10.5. The van der Waals surface area contributed by atoms with Gasteiger partial charge in [0.2, 0.25) is 0 Å². The van der Waals surface area contributed by atoms with Crippen LogP contribution in [0.15, 0.2) is 48.7 Å². The molecule has 18 heavy (non-hydrogen) atoms. The zero-order chi connectivity index (χ0) is 12.5. The van der Waals surface area contributed by atoms with Gasteiger partial charge in [0.1, 0.15) is 11.6 Å². The fourth-order valence-electron chi connectivity index (χ4n) is 2.16. The van der Waals surface area contributed by atoms with Crippen LogP contribution < -0.4 is 0 Å². The predicted molar refractivity (Wildman–Crippen MR) is 73.0 cm³/mol. The van der Waals surface area contributed by atoms with E-state index in [0.717, 1.165) is 22.7 Å². The minimum Gasteiger partial charge on any atom is -0.280 e. The van der Waals surface area contributed by atoms with E-state index in [2.05, 4.69) is 29.5 Å². The van der Waals surface area contributed by atoms with Gasteiger partial charge in [-0.05, 0) is 24.3 Å². The summed E-state index contributed by atoms with van der Waals surface area (Å²) in [6.45, 7) is 4.31. The number of nitrogens with zero attached hydrogens (tertiary/aromatic N) is 3. The number of para-hydroxylation sites is 2. The molecule has 0 saturated carbocycles. The molecule has 1 aromatic carbocycles. The zero-order valence-electron chi connectivity index (χ0n) is 10.5. The molecule has 0 aliphatic rings. The van der Waals surface area contributed by atoms with Gasteiger partial charge in [0.15, 0.2) is 0 Å². The van der Waals surface area contributed by atoms with Crippen LogP contribution in [0.5, 0.6) is 0 Å². The average molecular weight is 237 g/mol. The number of hydrogen-bond acceptors (Lipinski definition) is 2. The van der Waals surface area contributed by atoms with Crippen molar-refractivity contribution in [3.8, 4) is 5.82 Å². The van der Waals surface area contributed by atoms with Gasteiger partial charge in [-0.2, -0.15) is 0 Å². The molecule has 0 unspecified atom stereocenters. The molecule has 3 nitrogen and oxygen atoms in total. The van der Waals surface area contributed by atoms with Crippen molar-refractivity contribution in [1.29, 1.82) is 0 Å². The van der Waals surface area contributed by atoms with Gasteiger partial charge in [0.05, 0.1) is 11.0 Å². The number of benzene rings is 1. The summed E-state index contributed by atoms with van der Waals surface area (Å²) in [7, 11) is 0. The maximum atomic E-state index is 4.71. The van der Waals surface area contributed by atoms with Gasteiger partial charge in [-0.3, -0.25) is 4.57 Å². The van der Waals surface area contributed by atoms with Gasteiger partial charge in [-0.1, -0.05) is 32.0 Å². The number of aromatic nitrogens is 3. The molecule has 0 fully saturated rings. The number of fused-ring (bicyclic) bond motifs is 1. The highest BCUT2D eigenvalue weighted by Crippen LogP contribution is 2.24. The molecule has 0 spiro atoms. The van der Waals surface area contributed by atoms with Gasteiger partial charge in [0.25, 0.3) is 0 Å². The Labute approximate surface area is 106 Å². The van der Waals surface area contributed by atoms with Crippen LogP contribution in [-0.2, 0) is 0 Å². The molecule has 0 saturated heterocycles. The standard InChI is InChI=1S/C15H15N3/c1-11(2)15-17-12-7-3-4-8-13(12)18(15)14-9-5-6-10-16-14/h3-11H,1-2H3. The molecule has 0 bridgehead atoms. The monoisotopic (exact) mass is 237 g/mol. The Morgan fingerprint density at radius 1 is 1.00 bits per heavy atom. The minimum atomic E-state index is 0.361. The van der Waals surface area contributed by atoms with Crippen LogP contribution in [0.3, 0.4) is 0 Å². The van der Waals surface area contributed by atoms with Crippen molar-refractivity contribution in [1.82, 2.24) is 14.5 Å². The van der Waals surface area contributed by atoms with E-state index in [1.807, 2.05) is 42.6 Å². The second-order valence-electron chi connectivity index (χ2n) is 4.64. The van der Waals surface area contributed by atoms with E-state index in [1.165, 1.54) is 0 Å². The van der Waals surface area contributed by atoms with E-state index in [9.17, 15) is 0 Å². The molecule has 3 heteroatoms. The molecule has 0 N–H and O–H groups in total. The van der Waals surface area contributed by atoms with Crippen LogP contribution in [0.25, 0.3) is 16.9 Å². The van der Waals surface area contributed by atoms with Crippen LogP contribution in [0.1, 0.15) is 25.6 Å². The van der Waals surface area contributed by atoms with Crippen molar-refractivity contribution in [2.24, 2.45) is 0 Å². The smallest absolute Gasteiger partial charge is 0.138 e. The first-order chi connectivity index (χ1) is 8.77. The van der Waals surface area contributed by atoms with Gasteiger partial charge in [-0.15, -0.1) is 0 Å². The first-order valence-corrected chi connectivity index (χ1v) is 6.16. The van der Waals surface area contributed by atoms with Crippen molar-refractivity contribution >= 4 is 11.0 Å². The second kappa shape index (κ2) is 4.26. The van der Waals surface area contributed by atoms with Gasteiger partial charge >= 0.3 is 0 Å². The fourth-order valence-corrected chi connectivity index (χ4v) is 2.16. The lowest BCUT2D eigenvalue weighted by atomic mass is 10.2. The van der Waals surface area contributed by atoms with Crippen molar-refractivity contribution in [3.63, 3.8) is 0 Å². The molecule has 0 atom stereocenters. The van der Waals surface area contributed by atoms with Crippen molar-refractivity contribution < 1.29 is 0 Å². The summed E-state index contributed by atoms with van der Waals surface area (Å²) in [5, 5.41) is 0. The first-order valence-electron chi connectivity index (χ1n) is 6.16. The normalized spacial score (nSPS) is 11.3. The van der Waals surface area contributed by atoms with Crippen molar-refractivity contribution in [2.75, 3.05) is 0 Å². The lowest BCUT2D eigenvalue weighted by Crippen LogP contribution is -2.04. The molecule has 90 valence electrons. The molecular weight excluding hydrogens is 222 g/mol. The van der Waals surface area contributed by atoms with E-state index in [0.29, 0.717) is 5.92 Å². The summed E-state index contributed by atoms with van der Waals surface area (Å²) in [5.41, 5.74) is 2.13. The lowest BCUT2D eigenvalue weighted by molar-refractivity contribution is 0.752. The van der Waals surface area contributed by atoms with Gasteiger partial charge < -0.3 is 0 Å². The molecule has 0 amide bonds. The highest BCUT2D eigenvalue weighted by Gasteiger charge is 2.14. The Balaban J connectivity index is 2.35. The molecule has 2 aromatic heterocycles. The van der Waals surface area contributed by atoms with Crippen LogP contribution in [-0.4, -0.2) is 14.5 Å². The minimum absolute atomic E-state index is 0.361. The number of hydrogen-bond donors (Lipinski definition) is 0. The lowest BCUT2D eigenvalue weighted by Gasteiger charge is -2.10. The number of rotatable bonds is 2. The summed E-state index contributed by atoms with van der Waals surface area (Å²) < 4.78 is 2.14. The van der Waals surface area contributed by atoms with Crippen molar-refractivity contribution in [3.05, 3.63) is 54.5 Å². The van der Waals surface area contributed by atoms with Gasteiger partial charge in [-0.25, -0.2) is 9.97 Å². The fraction of sp³-hybridized carbons (Fsp3) is 0.200. The summed E-state index contributed by atoms with van der Waals surface area (Å²) in [5.74, 6) is 2.34. The molecule has 3 aromatic rings. The topological polar surface area (TPSA) is 30.7 Å². The van der Waals surface area contributed by atoms with Crippen LogP contribution in [0, 0.1) is 0 Å². The number of pyridine rings is 1. The molecule has 2 heterocycles. The Bertz CT molecular complexity index is 669. The van der Waals surface area contributed by atoms with Crippen molar-refractivity contribution in [2.45, 2.75) is 19.8 Å². The molecular formula is C15H15N3. The highest BCUT2D eigenvalue weighted by molar-refractivity contribution is 5.77. The Kier molecular flexibility index (Phi) is 2.59. The Morgan fingerprint density at radius 3 is 2.50 bits per heavy atom. The van der Waals surface area contributed by atoms with E-state index in [-0.39, 0.29) is 0 Å². The molecule has 0 aliphatic heterocycles. The Hall–Kier alpha value is -2.16. The Morgan fingerprint density at radius 2 is 1.78 bits per heavy atom. The molecule has 0 radical (unpaired) electrons. The van der Waals surface area contributed by atoms with Gasteiger partial charge in [0, 0.05) is 12.1 Å². The predicted octanol–water partition coefficient (Wildman–Crippen LogP) is 3.54. The average Bonchev–Trinajstić information content (AvgIpc) is 2.79. The number of imidazole rings is 1. The van der Waals surface area contributed by atoms with Crippen LogP contribution in [0.2, 0.25) is 0 Å². The van der Waals surface area contributed by atoms with E-state index < -0.39 is 0 Å².